The first-order valence-corrected chi connectivity index (χ1v) is 6.12. The lowest BCUT2D eigenvalue weighted by Gasteiger charge is -2.04. The molecule has 1 aromatic heterocycles. The van der Waals surface area contributed by atoms with Crippen LogP contribution < -0.4 is 4.74 Å². The molecule has 2 rings (SSSR count). The Morgan fingerprint density at radius 2 is 2.00 bits per heavy atom. The summed E-state index contributed by atoms with van der Waals surface area (Å²) in [6.07, 6.45) is 0. The van der Waals surface area contributed by atoms with E-state index in [-0.39, 0.29) is 6.61 Å². The Kier molecular flexibility index (Phi) is 4.20. The van der Waals surface area contributed by atoms with Gasteiger partial charge in [-0.05, 0) is 23.6 Å². The molecule has 2 nitrogen and oxygen atoms in total. The normalized spacial score (nSPS) is 9.47. The van der Waals surface area contributed by atoms with Crippen molar-refractivity contribution in [3.8, 4) is 17.6 Å². The summed E-state index contributed by atoms with van der Waals surface area (Å²) >= 11 is 1.61. The average Bonchev–Trinajstić information content (AvgIpc) is 2.82. The molecule has 0 aliphatic rings. The largest absolute Gasteiger partial charge is 0.488 e. The lowest BCUT2D eigenvalue weighted by molar-refractivity contribution is 0.309. The van der Waals surface area contributed by atoms with Gasteiger partial charge in [0.2, 0.25) is 0 Å². The number of aliphatic hydroxyl groups excluding tert-OH is 1. The molecule has 0 unspecified atom stereocenters. The van der Waals surface area contributed by atoms with Crippen LogP contribution in [0.4, 0.5) is 0 Å². The zero-order valence-electron chi connectivity index (χ0n) is 9.22. The molecule has 17 heavy (non-hydrogen) atoms. The fourth-order valence-electron chi connectivity index (χ4n) is 1.36. The van der Waals surface area contributed by atoms with Crippen LogP contribution in [0, 0.1) is 11.8 Å². The van der Waals surface area contributed by atoms with E-state index in [1.807, 2.05) is 41.8 Å². The molecule has 0 fully saturated rings. The van der Waals surface area contributed by atoms with Crippen LogP contribution in [0.15, 0.2) is 41.8 Å². The van der Waals surface area contributed by atoms with E-state index in [9.17, 15) is 0 Å². The second-order valence-electron chi connectivity index (χ2n) is 3.32. The van der Waals surface area contributed by atoms with Crippen LogP contribution in [0.5, 0.6) is 5.75 Å². The maximum absolute atomic E-state index is 8.66. The Balaban J connectivity index is 2.02. The minimum absolute atomic E-state index is 0.116. The Labute approximate surface area is 104 Å². The molecule has 1 N–H and O–H groups in total. The molecule has 0 saturated carbocycles. The SMILES string of the molecule is OCC#Cc1ccsc1COc1ccccc1. The Morgan fingerprint density at radius 3 is 2.76 bits per heavy atom. The molecule has 86 valence electrons. The summed E-state index contributed by atoms with van der Waals surface area (Å²) in [6, 6.07) is 11.6. The highest BCUT2D eigenvalue weighted by atomic mass is 32.1. The molecule has 0 spiro atoms. The number of ether oxygens (including phenoxy) is 1. The predicted octanol–water partition coefficient (Wildman–Crippen LogP) is 2.67. The van der Waals surface area contributed by atoms with Gasteiger partial charge in [-0.3, -0.25) is 0 Å². The first-order valence-electron chi connectivity index (χ1n) is 5.24. The lowest BCUT2D eigenvalue weighted by atomic mass is 10.2. The van der Waals surface area contributed by atoms with Crippen molar-refractivity contribution in [1.82, 2.24) is 0 Å². The predicted molar refractivity (Wildman–Crippen MR) is 69.1 cm³/mol. The van der Waals surface area contributed by atoms with Crippen molar-refractivity contribution >= 4 is 11.3 Å². The van der Waals surface area contributed by atoms with E-state index in [4.69, 9.17) is 9.84 Å². The molecule has 0 aliphatic heterocycles. The van der Waals surface area contributed by atoms with Gasteiger partial charge >= 0.3 is 0 Å². The molecule has 0 bridgehead atoms. The molecule has 0 amide bonds. The van der Waals surface area contributed by atoms with E-state index in [0.29, 0.717) is 6.61 Å². The van der Waals surface area contributed by atoms with E-state index < -0.39 is 0 Å². The van der Waals surface area contributed by atoms with Crippen LogP contribution in [0.3, 0.4) is 0 Å². The monoisotopic (exact) mass is 244 g/mol. The average molecular weight is 244 g/mol. The Bertz CT molecular complexity index is 520. The van der Waals surface area contributed by atoms with E-state index in [2.05, 4.69) is 11.8 Å². The summed E-state index contributed by atoms with van der Waals surface area (Å²) in [5, 5.41) is 10.6. The lowest BCUT2D eigenvalue weighted by Crippen LogP contribution is -1.94. The van der Waals surface area contributed by atoms with Gasteiger partial charge in [0, 0.05) is 5.56 Å². The van der Waals surface area contributed by atoms with Gasteiger partial charge in [0.15, 0.2) is 0 Å². The van der Waals surface area contributed by atoms with E-state index in [1.54, 1.807) is 11.3 Å². The highest BCUT2D eigenvalue weighted by molar-refractivity contribution is 7.10. The molecule has 1 heterocycles. The molecule has 0 radical (unpaired) electrons. The molecule has 0 atom stereocenters. The van der Waals surface area contributed by atoms with Crippen molar-refractivity contribution in [1.29, 1.82) is 0 Å². The summed E-state index contributed by atoms with van der Waals surface area (Å²) in [6.45, 7) is 0.395. The summed E-state index contributed by atoms with van der Waals surface area (Å²) < 4.78 is 5.65. The van der Waals surface area contributed by atoms with Gasteiger partial charge < -0.3 is 9.84 Å². The van der Waals surface area contributed by atoms with Crippen LogP contribution in [-0.4, -0.2) is 11.7 Å². The van der Waals surface area contributed by atoms with Gasteiger partial charge in [-0.15, -0.1) is 11.3 Å². The zero-order valence-corrected chi connectivity index (χ0v) is 10.0. The van der Waals surface area contributed by atoms with Crippen molar-refractivity contribution < 1.29 is 9.84 Å². The molecule has 0 saturated heterocycles. The minimum Gasteiger partial charge on any atom is -0.488 e. The van der Waals surface area contributed by atoms with Gasteiger partial charge in [0.1, 0.15) is 19.0 Å². The third kappa shape index (κ3) is 3.35. The smallest absolute Gasteiger partial charge is 0.124 e. The van der Waals surface area contributed by atoms with Crippen molar-refractivity contribution in [2.75, 3.05) is 6.61 Å². The number of benzene rings is 1. The molecule has 0 aliphatic carbocycles. The van der Waals surface area contributed by atoms with E-state index in [1.165, 1.54) is 0 Å². The van der Waals surface area contributed by atoms with Gasteiger partial charge in [-0.25, -0.2) is 0 Å². The fraction of sp³-hybridized carbons (Fsp3) is 0.143. The van der Waals surface area contributed by atoms with Crippen molar-refractivity contribution in [2.45, 2.75) is 6.61 Å². The Hall–Kier alpha value is -1.76. The molecular formula is C14H12O2S. The standard InChI is InChI=1S/C14H12O2S/c15-9-4-5-12-8-10-17-14(12)11-16-13-6-2-1-3-7-13/h1-3,6-8,10,15H,9,11H2. The van der Waals surface area contributed by atoms with Crippen molar-refractivity contribution in [3.63, 3.8) is 0 Å². The summed E-state index contributed by atoms with van der Waals surface area (Å²) in [5.74, 6) is 6.40. The molecule has 3 heteroatoms. The van der Waals surface area contributed by atoms with Crippen molar-refractivity contribution in [3.05, 3.63) is 52.2 Å². The first kappa shape index (κ1) is 11.7. The van der Waals surface area contributed by atoms with Gasteiger partial charge in [0.05, 0.1) is 4.88 Å². The van der Waals surface area contributed by atoms with Gasteiger partial charge in [0.25, 0.3) is 0 Å². The Morgan fingerprint density at radius 1 is 1.18 bits per heavy atom. The number of thiophene rings is 1. The second kappa shape index (κ2) is 6.09. The topological polar surface area (TPSA) is 29.5 Å². The van der Waals surface area contributed by atoms with Crippen molar-refractivity contribution in [2.24, 2.45) is 0 Å². The highest BCUT2D eigenvalue weighted by Crippen LogP contribution is 2.19. The fourth-order valence-corrected chi connectivity index (χ4v) is 2.11. The number of hydrogen-bond acceptors (Lipinski definition) is 3. The maximum atomic E-state index is 8.66. The molecule has 2 aromatic rings. The molecule has 1 aromatic carbocycles. The number of aliphatic hydroxyl groups is 1. The van der Waals surface area contributed by atoms with Crippen LogP contribution >= 0.6 is 11.3 Å². The number of rotatable bonds is 3. The van der Waals surface area contributed by atoms with Crippen LogP contribution in [0.1, 0.15) is 10.4 Å². The summed E-state index contributed by atoms with van der Waals surface area (Å²) in [5.41, 5.74) is 0.931. The highest BCUT2D eigenvalue weighted by Gasteiger charge is 2.02. The van der Waals surface area contributed by atoms with E-state index >= 15 is 0 Å². The van der Waals surface area contributed by atoms with E-state index in [0.717, 1.165) is 16.2 Å². The van der Waals surface area contributed by atoms with Crippen LogP contribution in [-0.2, 0) is 6.61 Å². The molecular weight excluding hydrogens is 232 g/mol. The zero-order chi connectivity index (χ0) is 11.9. The van der Waals surface area contributed by atoms with Gasteiger partial charge in [-0.2, -0.15) is 0 Å². The second-order valence-corrected chi connectivity index (χ2v) is 4.32. The minimum atomic E-state index is -0.116. The summed E-state index contributed by atoms with van der Waals surface area (Å²) in [7, 11) is 0. The summed E-state index contributed by atoms with van der Waals surface area (Å²) in [4.78, 5) is 1.08. The third-order valence-corrected chi connectivity index (χ3v) is 3.06. The third-order valence-electron chi connectivity index (χ3n) is 2.16. The van der Waals surface area contributed by atoms with Crippen LogP contribution in [0.25, 0.3) is 0 Å². The maximum Gasteiger partial charge on any atom is 0.124 e. The van der Waals surface area contributed by atoms with Gasteiger partial charge in [-0.1, -0.05) is 30.0 Å². The number of hydrogen-bond donors (Lipinski definition) is 1. The number of para-hydroxylation sites is 1. The van der Waals surface area contributed by atoms with Crippen LogP contribution in [0.2, 0.25) is 0 Å². The first-order chi connectivity index (χ1) is 8.40. The quantitative estimate of drug-likeness (QED) is 0.841.